The van der Waals surface area contributed by atoms with Crippen LogP contribution >= 0.6 is 0 Å². The van der Waals surface area contributed by atoms with Crippen LogP contribution in [-0.2, 0) is 22.3 Å². The van der Waals surface area contributed by atoms with Gasteiger partial charge in [0, 0.05) is 12.6 Å². The largest absolute Gasteiger partial charge is 0.445 e. The fourth-order valence-corrected chi connectivity index (χ4v) is 2.98. The van der Waals surface area contributed by atoms with E-state index in [2.05, 4.69) is 4.98 Å². The minimum Gasteiger partial charge on any atom is -0.445 e. The van der Waals surface area contributed by atoms with Crippen molar-refractivity contribution in [2.45, 2.75) is 51.7 Å². The summed E-state index contributed by atoms with van der Waals surface area (Å²) in [5.74, 6) is 0.320. The van der Waals surface area contributed by atoms with Crippen molar-refractivity contribution in [3.05, 3.63) is 53.2 Å². The van der Waals surface area contributed by atoms with E-state index >= 15 is 0 Å². The number of benzene rings is 1. The van der Waals surface area contributed by atoms with E-state index in [1.54, 1.807) is 17.1 Å². The number of alkyl halides is 3. The first-order valence-electron chi connectivity index (χ1n) is 9.89. The van der Waals surface area contributed by atoms with Crippen LogP contribution in [0.4, 0.5) is 18.0 Å². The topological polar surface area (TPSA) is 64.8 Å². The molecular weight excluding hydrogens is 413 g/mol. The van der Waals surface area contributed by atoms with E-state index < -0.39 is 17.3 Å². The molecule has 1 aliphatic heterocycles. The molecule has 6 nitrogen and oxygen atoms in total. The van der Waals surface area contributed by atoms with E-state index in [4.69, 9.17) is 13.9 Å². The highest BCUT2D eigenvalue weighted by Gasteiger charge is 2.31. The van der Waals surface area contributed by atoms with Crippen LogP contribution in [0, 0.1) is 0 Å². The van der Waals surface area contributed by atoms with Gasteiger partial charge in [0.2, 0.25) is 5.89 Å². The number of likely N-dealkylation sites (tertiary alicyclic amines) is 1. The molecular formula is C22H25F3N2O4. The van der Waals surface area contributed by atoms with Gasteiger partial charge in [-0.25, -0.2) is 9.78 Å². The van der Waals surface area contributed by atoms with E-state index in [1.807, 2.05) is 20.8 Å². The molecule has 1 aromatic carbocycles. The van der Waals surface area contributed by atoms with Gasteiger partial charge in [0.1, 0.15) is 17.6 Å². The highest BCUT2D eigenvalue weighted by molar-refractivity contribution is 5.68. The lowest BCUT2D eigenvalue weighted by Crippen LogP contribution is -2.36. The zero-order chi connectivity index (χ0) is 22.6. The second kappa shape index (κ2) is 9.13. The lowest BCUT2D eigenvalue weighted by Gasteiger charge is -2.24. The second-order valence-electron chi connectivity index (χ2n) is 8.28. The summed E-state index contributed by atoms with van der Waals surface area (Å²) in [6.07, 6.45) is 0.539. The van der Waals surface area contributed by atoms with Gasteiger partial charge < -0.3 is 18.8 Å². The molecule has 1 aromatic heterocycles. The molecule has 2 heterocycles. The summed E-state index contributed by atoms with van der Waals surface area (Å²) in [5.41, 5.74) is -0.0570. The molecule has 1 fully saturated rings. The van der Waals surface area contributed by atoms with Crippen LogP contribution in [0.2, 0.25) is 0 Å². The molecule has 0 N–H and O–H groups in total. The molecule has 0 saturated carbocycles. The maximum atomic E-state index is 12.6. The number of rotatable bonds is 5. The van der Waals surface area contributed by atoms with Crippen LogP contribution < -0.4 is 0 Å². The van der Waals surface area contributed by atoms with Gasteiger partial charge in [-0.2, -0.15) is 13.2 Å². The molecule has 1 aliphatic rings. The normalized spacial score (nSPS) is 17.5. The third-order valence-corrected chi connectivity index (χ3v) is 4.49. The molecule has 9 heteroatoms. The maximum absolute atomic E-state index is 12.6. The van der Waals surface area contributed by atoms with Gasteiger partial charge in [-0.3, -0.25) is 0 Å². The number of ether oxygens (including phenoxy) is 2. The predicted octanol–water partition coefficient (Wildman–Crippen LogP) is 5.39. The lowest BCUT2D eigenvalue weighted by atomic mass is 10.1. The van der Waals surface area contributed by atoms with E-state index in [-0.39, 0.29) is 18.8 Å². The number of carbonyl (C=O) groups excluding carboxylic acids is 1. The number of carbonyl (C=O) groups is 1. The van der Waals surface area contributed by atoms with Crippen molar-refractivity contribution in [2.24, 2.45) is 0 Å². The number of oxazole rings is 1. The van der Waals surface area contributed by atoms with E-state index in [9.17, 15) is 18.0 Å². The zero-order valence-electron chi connectivity index (χ0n) is 17.6. The van der Waals surface area contributed by atoms with Crippen molar-refractivity contribution in [2.75, 3.05) is 13.1 Å². The van der Waals surface area contributed by atoms with Gasteiger partial charge in [0.25, 0.3) is 0 Å². The van der Waals surface area contributed by atoms with Crippen LogP contribution in [0.5, 0.6) is 0 Å². The van der Waals surface area contributed by atoms with Gasteiger partial charge >= 0.3 is 12.3 Å². The zero-order valence-corrected chi connectivity index (χ0v) is 17.6. The first-order valence-corrected chi connectivity index (χ1v) is 9.89. The molecule has 31 heavy (non-hydrogen) atoms. The summed E-state index contributed by atoms with van der Waals surface area (Å²) in [6, 6.07) is 4.80. The van der Waals surface area contributed by atoms with Crippen molar-refractivity contribution in [1.29, 1.82) is 0 Å². The Labute approximate surface area is 178 Å². The van der Waals surface area contributed by atoms with Crippen molar-refractivity contribution in [3.8, 4) is 0 Å². The smallest absolute Gasteiger partial charge is 0.416 e. The Morgan fingerprint density at radius 1 is 1.23 bits per heavy atom. The van der Waals surface area contributed by atoms with Gasteiger partial charge in [0.05, 0.1) is 24.8 Å². The summed E-state index contributed by atoms with van der Waals surface area (Å²) in [7, 11) is 0. The quantitative estimate of drug-likeness (QED) is 0.626. The van der Waals surface area contributed by atoms with Crippen LogP contribution in [0.15, 0.2) is 34.9 Å². The molecule has 168 valence electrons. The third-order valence-electron chi connectivity index (χ3n) is 4.49. The molecule has 0 bridgehead atoms. The number of amides is 1. The first-order chi connectivity index (χ1) is 14.5. The predicted molar refractivity (Wildman–Crippen MR) is 108 cm³/mol. The summed E-state index contributed by atoms with van der Waals surface area (Å²) in [5, 5.41) is 0. The molecule has 1 amide bonds. The summed E-state index contributed by atoms with van der Waals surface area (Å²) in [4.78, 5) is 18.0. The van der Waals surface area contributed by atoms with Crippen molar-refractivity contribution >= 4 is 18.2 Å². The van der Waals surface area contributed by atoms with Crippen LogP contribution in [-0.4, -0.2) is 40.8 Å². The van der Waals surface area contributed by atoms with Crippen molar-refractivity contribution in [1.82, 2.24) is 9.88 Å². The van der Waals surface area contributed by atoms with E-state index in [0.29, 0.717) is 36.7 Å². The number of hydrogen-bond donors (Lipinski definition) is 0. The standard InChI is InChI=1S/C22H25F3N2O4/c1-21(2,3)31-20(28)27-11-10-18(12-27)29-13-17-14-30-19(26-17)9-6-15-4-7-16(8-5-15)22(23,24)25/h4-9,14,18H,10-13H2,1-3H3/b9-6+. The number of nitrogens with zero attached hydrogens (tertiary/aromatic N) is 2. The number of hydrogen-bond acceptors (Lipinski definition) is 5. The molecule has 0 radical (unpaired) electrons. The Balaban J connectivity index is 1.47. The highest BCUT2D eigenvalue weighted by atomic mass is 19.4. The monoisotopic (exact) mass is 438 g/mol. The molecule has 0 spiro atoms. The summed E-state index contributed by atoms with van der Waals surface area (Å²) in [6.45, 7) is 6.72. The molecule has 1 atom stereocenters. The molecule has 3 rings (SSSR count). The van der Waals surface area contributed by atoms with Crippen molar-refractivity contribution < 1.29 is 31.9 Å². The molecule has 1 saturated heterocycles. The average Bonchev–Trinajstić information content (AvgIpc) is 3.32. The van der Waals surface area contributed by atoms with E-state index in [1.165, 1.54) is 18.4 Å². The van der Waals surface area contributed by atoms with Gasteiger partial charge in [-0.05, 0) is 51.0 Å². The minimum absolute atomic E-state index is 0.115. The van der Waals surface area contributed by atoms with Crippen LogP contribution in [0.25, 0.3) is 12.2 Å². The first kappa shape index (κ1) is 22.9. The summed E-state index contributed by atoms with van der Waals surface area (Å²) >= 11 is 0. The van der Waals surface area contributed by atoms with Crippen LogP contribution in [0.3, 0.4) is 0 Å². The van der Waals surface area contributed by atoms with Gasteiger partial charge in [0.15, 0.2) is 0 Å². The van der Waals surface area contributed by atoms with Gasteiger partial charge in [-0.15, -0.1) is 0 Å². The Morgan fingerprint density at radius 3 is 2.58 bits per heavy atom. The number of aromatic nitrogens is 1. The molecule has 2 aromatic rings. The SMILES string of the molecule is CC(C)(C)OC(=O)N1CCC(OCc2coc(/C=C/c3ccc(C(F)(F)F)cc3)n2)C1. The lowest BCUT2D eigenvalue weighted by molar-refractivity contribution is -0.137. The Kier molecular flexibility index (Phi) is 6.74. The Bertz CT molecular complexity index is 914. The summed E-state index contributed by atoms with van der Waals surface area (Å²) < 4.78 is 54.3. The van der Waals surface area contributed by atoms with Crippen molar-refractivity contribution in [3.63, 3.8) is 0 Å². The van der Waals surface area contributed by atoms with E-state index in [0.717, 1.165) is 12.1 Å². The molecule has 1 unspecified atom stereocenters. The minimum atomic E-state index is -4.36. The average molecular weight is 438 g/mol. The fourth-order valence-electron chi connectivity index (χ4n) is 2.98. The Morgan fingerprint density at radius 2 is 1.94 bits per heavy atom. The molecule has 0 aliphatic carbocycles. The number of halogens is 3. The Hall–Kier alpha value is -2.81. The van der Waals surface area contributed by atoms with Gasteiger partial charge in [-0.1, -0.05) is 12.1 Å². The third kappa shape index (κ3) is 6.85. The fraction of sp³-hybridized carbons (Fsp3) is 0.455. The second-order valence-corrected chi connectivity index (χ2v) is 8.28. The highest BCUT2D eigenvalue weighted by Crippen LogP contribution is 2.29. The maximum Gasteiger partial charge on any atom is 0.416 e. The van der Waals surface area contributed by atoms with Crippen LogP contribution in [0.1, 0.15) is 49.9 Å².